The maximum Gasteiger partial charge on any atom is 0.242 e. The molecule has 2 aromatic rings. The second-order valence-corrected chi connectivity index (χ2v) is 6.74. The zero-order valence-electron chi connectivity index (χ0n) is 10.8. The second-order valence-electron chi connectivity index (χ2n) is 5.09. The van der Waals surface area contributed by atoms with Crippen LogP contribution in [0.15, 0.2) is 53.4 Å². The van der Waals surface area contributed by atoms with Gasteiger partial charge in [-0.3, -0.25) is 0 Å². The van der Waals surface area contributed by atoms with Gasteiger partial charge in [-0.1, -0.05) is 48.0 Å². The fraction of sp³-hybridized carbons (Fsp3) is 0.200. The highest BCUT2D eigenvalue weighted by atomic mass is 32.2. The lowest BCUT2D eigenvalue weighted by molar-refractivity contribution is 0.527. The van der Waals surface area contributed by atoms with Crippen molar-refractivity contribution in [1.29, 1.82) is 0 Å². The summed E-state index contributed by atoms with van der Waals surface area (Å²) in [4.78, 5) is 0.373. The van der Waals surface area contributed by atoms with E-state index in [9.17, 15) is 8.42 Å². The first-order valence-electron chi connectivity index (χ1n) is 6.14. The smallest absolute Gasteiger partial charge is 0.207 e. The summed E-state index contributed by atoms with van der Waals surface area (Å²) in [6.45, 7) is 3.92. The summed E-state index contributed by atoms with van der Waals surface area (Å²) in [6, 6.07) is 15.1. The molecule has 0 aliphatic carbocycles. The number of benzene rings is 2. The van der Waals surface area contributed by atoms with Crippen molar-refractivity contribution in [3.63, 3.8) is 0 Å². The summed E-state index contributed by atoms with van der Waals surface area (Å²) < 4.78 is 27.2. The minimum atomic E-state index is -3.42. The number of hydrogen-bond acceptors (Lipinski definition) is 2. The third kappa shape index (κ3) is 1.79. The fourth-order valence-electron chi connectivity index (χ4n) is 2.59. The van der Waals surface area contributed by atoms with E-state index in [1.54, 1.807) is 12.1 Å². The van der Waals surface area contributed by atoms with Gasteiger partial charge in [0.05, 0.1) is 10.4 Å². The van der Waals surface area contributed by atoms with Crippen LogP contribution in [-0.4, -0.2) is 8.42 Å². The van der Waals surface area contributed by atoms with Gasteiger partial charge in [-0.05, 0) is 31.0 Å². The predicted molar refractivity (Wildman–Crippen MR) is 74.4 cm³/mol. The molecule has 0 saturated carbocycles. The van der Waals surface area contributed by atoms with Crippen LogP contribution in [0.5, 0.6) is 0 Å². The maximum atomic E-state index is 12.2. The van der Waals surface area contributed by atoms with Crippen LogP contribution >= 0.6 is 0 Å². The Hall–Kier alpha value is -1.65. The third-order valence-corrected chi connectivity index (χ3v) is 5.29. The molecule has 0 amide bonds. The molecule has 1 unspecified atom stereocenters. The summed E-state index contributed by atoms with van der Waals surface area (Å²) in [5, 5.41) is 0. The molecule has 3 nitrogen and oxygen atoms in total. The molecule has 1 N–H and O–H groups in total. The van der Waals surface area contributed by atoms with Gasteiger partial charge in [-0.2, -0.15) is 4.72 Å². The van der Waals surface area contributed by atoms with Crippen molar-refractivity contribution in [2.24, 2.45) is 0 Å². The molecule has 1 aliphatic rings. The zero-order valence-corrected chi connectivity index (χ0v) is 11.7. The molecule has 0 fully saturated rings. The minimum Gasteiger partial charge on any atom is -0.207 e. The van der Waals surface area contributed by atoms with Crippen molar-refractivity contribution in [2.45, 2.75) is 24.3 Å². The Morgan fingerprint density at radius 2 is 1.63 bits per heavy atom. The molecule has 0 radical (unpaired) electrons. The van der Waals surface area contributed by atoms with Gasteiger partial charge in [-0.15, -0.1) is 0 Å². The van der Waals surface area contributed by atoms with Crippen molar-refractivity contribution >= 4 is 10.0 Å². The first kappa shape index (κ1) is 12.4. The Labute approximate surface area is 113 Å². The van der Waals surface area contributed by atoms with E-state index in [-0.39, 0.29) is 0 Å². The molecule has 1 atom stereocenters. The first-order valence-corrected chi connectivity index (χ1v) is 7.62. The molecule has 0 bridgehead atoms. The Kier molecular flexibility index (Phi) is 2.56. The molecule has 19 heavy (non-hydrogen) atoms. The number of rotatable bonds is 1. The Bertz CT molecular complexity index is 735. The van der Waals surface area contributed by atoms with Gasteiger partial charge in [0.15, 0.2) is 0 Å². The lowest BCUT2D eigenvalue weighted by Crippen LogP contribution is -2.37. The van der Waals surface area contributed by atoms with Gasteiger partial charge in [-0.25, -0.2) is 8.42 Å². The molecular formula is C15H15NO2S. The van der Waals surface area contributed by atoms with Gasteiger partial charge < -0.3 is 0 Å². The van der Waals surface area contributed by atoms with Gasteiger partial charge >= 0.3 is 0 Å². The van der Waals surface area contributed by atoms with Crippen LogP contribution in [0, 0.1) is 6.92 Å². The third-order valence-electron chi connectivity index (χ3n) is 3.68. The lowest BCUT2D eigenvalue weighted by atomic mass is 9.85. The Balaban J connectivity index is 2.25. The summed E-state index contributed by atoms with van der Waals surface area (Å²) in [5.41, 5.74) is 2.22. The molecule has 2 aromatic carbocycles. The lowest BCUT2D eigenvalue weighted by Gasteiger charge is -2.25. The van der Waals surface area contributed by atoms with E-state index >= 15 is 0 Å². The van der Waals surface area contributed by atoms with E-state index in [0.717, 1.165) is 16.7 Å². The predicted octanol–water partition coefficient (Wildman–Crippen LogP) is 2.55. The van der Waals surface area contributed by atoms with Crippen molar-refractivity contribution in [2.75, 3.05) is 0 Å². The van der Waals surface area contributed by atoms with E-state index in [0.29, 0.717) is 4.90 Å². The van der Waals surface area contributed by atoms with Crippen molar-refractivity contribution in [3.8, 4) is 0 Å². The average molecular weight is 273 g/mol. The van der Waals surface area contributed by atoms with Crippen LogP contribution in [0.4, 0.5) is 0 Å². The minimum absolute atomic E-state index is 0.373. The molecule has 4 heteroatoms. The van der Waals surface area contributed by atoms with Crippen molar-refractivity contribution in [3.05, 3.63) is 65.2 Å². The Morgan fingerprint density at radius 1 is 1.00 bits per heavy atom. The highest BCUT2D eigenvalue weighted by Gasteiger charge is 2.43. The summed E-state index contributed by atoms with van der Waals surface area (Å²) >= 11 is 0. The molecule has 3 rings (SSSR count). The van der Waals surface area contributed by atoms with Gasteiger partial charge in [0.1, 0.15) is 0 Å². The number of aryl methyl sites for hydroxylation is 1. The highest BCUT2D eigenvalue weighted by Crippen LogP contribution is 2.40. The van der Waals surface area contributed by atoms with Crippen molar-refractivity contribution in [1.82, 2.24) is 4.72 Å². The molecule has 1 aliphatic heterocycles. The van der Waals surface area contributed by atoms with E-state index in [1.807, 2.05) is 50.2 Å². The second kappa shape index (κ2) is 3.92. The standard InChI is InChI=1S/C15H15NO2S/c1-11-7-9-12(10-8-11)15(2)13-5-3-4-6-14(13)19(17,18)16-15/h3-10,16H,1-2H3. The van der Waals surface area contributed by atoms with Crippen LogP contribution < -0.4 is 4.72 Å². The molecular weight excluding hydrogens is 258 g/mol. The SMILES string of the molecule is Cc1ccc(C2(C)NS(=O)(=O)c3ccccc32)cc1. The largest absolute Gasteiger partial charge is 0.242 e. The zero-order chi connectivity index (χ0) is 13.7. The van der Waals surface area contributed by atoms with Gasteiger partial charge in [0.25, 0.3) is 0 Å². The quantitative estimate of drug-likeness (QED) is 0.868. The van der Waals surface area contributed by atoms with Crippen LogP contribution in [-0.2, 0) is 15.6 Å². The Morgan fingerprint density at radius 3 is 2.32 bits per heavy atom. The van der Waals surface area contributed by atoms with Gasteiger partial charge in [0.2, 0.25) is 10.0 Å². The summed E-state index contributed by atoms with van der Waals surface area (Å²) in [6.07, 6.45) is 0. The van der Waals surface area contributed by atoms with Gasteiger partial charge in [0, 0.05) is 0 Å². The molecule has 98 valence electrons. The molecule has 1 heterocycles. The molecule has 0 saturated heterocycles. The normalized spacial score (nSPS) is 24.1. The van der Waals surface area contributed by atoms with E-state index in [2.05, 4.69) is 4.72 Å². The number of nitrogens with one attached hydrogen (secondary N) is 1. The summed E-state index contributed by atoms with van der Waals surface area (Å²) in [7, 11) is -3.42. The van der Waals surface area contributed by atoms with Crippen molar-refractivity contribution < 1.29 is 8.42 Å². The molecule has 0 aromatic heterocycles. The summed E-state index contributed by atoms with van der Waals surface area (Å²) in [5.74, 6) is 0. The first-order chi connectivity index (χ1) is 8.93. The maximum absolute atomic E-state index is 12.2. The van der Waals surface area contributed by atoms with Crippen LogP contribution in [0.3, 0.4) is 0 Å². The highest BCUT2D eigenvalue weighted by molar-refractivity contribution is 7.89. The van der Waals surface area contributed by atoms with E-state index < -0.39 is 15.6 Å². The van der Waals surface area contributed by atoms with Crippen LogP contribution in [0.25, 0.3) is 0 Å². The van der Waals surface area contributed by atoms with Crippen LogP contribution in [0.2, 0.25) is 0 Å². The number of hydrogen-bond donors (Lipinski definition) is 1. The molecule has 0 spiro atoms. The monoisotopic (exact) mass is 273 g/mol. The van der Waals surface area contributed by atoms with E-state index in [4.69, 9.17) is 0 Å². The fourth-order valence-corrected chi connectivity index (χ4v) is 4.29. The average Bonchev–Trinajstić information content (AvgIpc) is 2.59. The number of fused-ring (bicyclic) bond motifs is 1. The van der Waals surface area contributed by atoms with Crippen LogP contribution in [0.1, 0.15) is 23.6 Å². The topological polar surface area (TPSA) is 46.2 Å². The number of sulfonamides is 1. The van der Waals surface area contributed by atoms with E-state index in [1.165, 1.54) is 0 Å².